The van der Waals surface area contributed by atoms with Crippen LogP contribution in [0.4, 0.5) is 10.5 Å². The van der Waals surface area contributed by atoms with Crippen molar-refractivity contribution in [3.63, 3.8) is 0 Å². The van der Waals surface area contributed by atoms with Gasteiger partial charge in [-0.15, -0.1) is 0 Å². The second-order valence-electron chi connectivity index (χ2n) is 9.28. The third-order valence-corrected chi connectivity index (χ3v) is 7.63. The number of nitrogen functional groups attached to an aromatic ring is 1. The molecule has 0 bridgehead atoms. The molecule has 35 heavy (non-hydrogen) atoms. The molecule has 1 aliphatic rings. The van der Waals surface area contributed by atoms with Crippen molar-refractivity contribution in [1.82, 2.24) is 9.62 Å². The van der Waals surface area contributed by atoms with Gasteiger partial charge in [-0.25, -0.2) is 13.2 Å². The molecule has 0 aromatic heterocycles. The highest BCUT2D eigenvalue weighted by molar-refractivity contribution is 7.89. The van der Waals surface area contributed by atoms with Gasteiger partial charge in [0.1, 0.15) is 6.10 Å². The summed E-state index contributed by atoms with van der Waals surface area (Å²) in [4.78, 5) is 12.8. The van der Waals surface area contributed by atoms with E-state index in [0.29, 0.717) is 31.7 Å². The zero-order valence-electron chi connectivity index (χ0n) is 20.3. The largest absolute Gasteiger partial charge is 0.444 e. The first-order valence-corrected chi connectivity index (χ1v) is 13.3. The van der Waals surface area contributed by atoms with Crippen LogP contribution in [0.2, 0.25) is 0 Å². The summed E-state index contributed by atoms with van der Waals surface area (Å²) in [5.74, 6) is 0.0682. The number of anilines is 1. The number of hydrogen-bond donors (Lipinski definition) is 3. The Balaban J connectivity index is 1.80. The first kappa shape index (κ1) is 26.9. The molecule has 1 fully saturated rings. The highest BCUT2D eigenvalue weighted by Gasteiger charge is 2.31. The van der Waals surface area contributed by atoms with Crippen molar-refractivity contribution in [3.05, 3.63) is 60.2 Å². The van der Waals surface area contributed by atoms with Crippen LogP contribution >= 0.6 is 0 Å². The molecule has 1 saturated heterocycles. The number of alkyl carbamates (subject to hydrolysis) is 1. The van der Waals surface area contributed by atoms with Gasteiger partial charge in [0.25, 0.3) is 0 Å². The average molecular weight is 505 g/mol. The summed E-state index contributed by atoms with van der Waals surface area (Å²) in [6, 6.07) is 14.5. The van der Waals surface area contributed by atoms with Gasteiger partial charge in [-0.1, -0.05) is 44.2 Å². The van der Waals surface area contributed by atoms with Gasteiger partial charge >= 0.3 is 6.09 Å². The summed E-state index contributed by atoms with van der Waals surface area (Å²) in [5, 5.41) is 2.87. The third-order valence-electron chi connectivity index (χ3n) is 5.78. The smallest absolute Gasteiger partial charge is 0.407 e. The number of benzene rings is 2. The van der Waals surface area contributed by atoms with Gasteiger partial charge in [0.05, 0.1) is 24.2 Å². The average Bonchev–Trinajstić information content (AvgIpc) is 3.31. The lowest BCUT2D eigenvalue weighted by atomic mass is 9.99. The van der Waals surface area contributed by atoms with Crippen LogP contribution in [0, 0.1) is 5.92 Å². The van der Waals surface area contributed by atoms with Crippen LogP contribution in [0.15, 0.2) is 59.5 Å². The normalized spacial score (nSPS) is 17.9. The minimum Gasteiger partial charge on any atom is -0.444 e. The molecule has 3 atom stereocenters. The van der Waals surface area contributed by atoms with E-state index in [4.69, 9.17) is 20.9 Å². The van der Waals surface area contributed by atoms with Gasteiger partial charge in [-0.2, -0.15) is 4.31 Å². The minimum atomic E-state index is -3.82. The summed E-state index contributed by atoms with van der Waals surface area (Å²) in [5.41, 5.74) is 13.8. The highest BCUT2D eigenvalue weighted by Crippen LogP contribution is 2.20. The van der Waals surface area contributed by atoms with Crippen molar-refractivity contribution >= 4 is 21.8 Å². The molecular formula is C25H36N4O5S. The Bertz CT molecular complexity index is 1040. The number of ether oxygens (including phenoxy) is 2. The Morgan fingerprint density at radius 3 is 2.43 bits per heavy atom. The van der Waals surface area contributed by atoms with Gasteiger partial charge in [0.15, 0.2) is 0 Å². The van der Waals surface area contributed by atoms with Crippen LogP contribution in [-0.2, 0) is 25.9 Å². The first-order valence-electron chi connectivity index (χ1n) is 11.8. The van der Waals surface area contributed by atoms with E-state index in [1.54, 1.807) is 12.1 Å². The highest BCUT2D eigenvalue weighted by atomic mass is 32.2. The number of sulfonamides is 1. The number of amides is 1. The Morgan fingerprint density at radius 1 is 1.14 bits per heavy atom. The predicted molar refractivity (Wildman–Crippen MR) is 135 cm³/mol. The van der Waals surface area contributed by atoms with Crippen molar-refractivity contribution in [3.8, 4) is 0 Å². The van der Waals surface area contributed by atoms with E-state index in [1.807, 2.05) is 44.2 Å². The minimum absolute atomic E-state index is 0.0230. The van der Waals surface area contributed by atoms with Crippen molar-refractivity contribution in [1.29, 1.82) is 0 Å². The number of rotatable bonds is 11. The third kappa shape index (κ3) is 7.93. The molecule has 9 nitrogen and oxygen atoms in total. The summed E-state index contributed by atoms with van der Waals surface area (Å²) in [7, 11) is -3.82. The lowest BCUT2D eigenvalue weighted by Crippen LogP contribution is -2.55. The van der Waals surface area contributed by atoms with E-state index in [-0.39, 0.29) is 30.0 Å². The van der Waals surface area contributed by atoms with Gasteiger partial charge in [0, 0.05) is 31.2 Å². The predicted octanol–water partition coefficient (Wildman–Crippen LogP) is 2.37. The maximum atomic E-state index is 13.5. The van der Waals surface area contributed by atoms with Gasteiger partial charge < -0.3 is 26.3 Å². The SMILES string of the molecule is CC(C)CN(CC(N)[C@H](Cc1ccccc1)NC(=O)O[C@@H]1CCOC1)S(=O)(=O)c1ccc(N)cc1. The van der Waals surface area contributed by atoms with E-state index < -0.39 is 28.2 Å². The Labute approximate surface area is 207 Å². The molecule has 0 saturated carbocycles. The van der Waals surface area contributed by atoms with E-state index >= 15 is 0 Å². The molecule has 2 aromatic carbocycles. The number of nitrogens with two attached hydrogens (primary N) is 2. The second-order valence-corrected chi connectivity index (χ2v) is 11.2. The monoisotopic (exact) mass is 504 g/mol. The summed E-state index contributed by atoms with van der Waals surface area (Å²) >= 11 is 0. The quantitative estimate of drug-likeness (QED) is 0.400. The van der Waals surface area contributed by atoms with Gasteiger partial charge in [-0.3, -0.25) is 0 Å². The molecule has 1 unspecified atom stereocenters. The zero-order chi connectivity index (χ0) is 25.4. The van der Waals surface area contributed by atoms with Crippen molar-refractivity contribution in [2.24, 2.45) is 11.7 Å². The van der Waals surface area contributed by atoms with Crippen LogP contribution < -0.4 is 16.8 Å². The molecule has 0 spiro atoms. The van der Waals surface area contributed by atoms with Crippen molar-refractivity contribution in [2.75, 3.05) is 32.0 Å². The standard InChI is InChI=1S/C25H36N4O5S/c1-18(2)15-29(35(31,32)22-10-8-20(26)9-11-22)16-23(27)24(14-19-6-4-3-5-7-19)28-25(30)34-21-12-13-33-17-21/h3-11,18,21,23-24H,12-17,26-27H2,1-2H3,(H,28,30)/t21-,23?,24+/m1/s1. The summed E-state index contributed by atoms with van der Waals surface area (Å²) in [6.45, 7) is 5.11. The van der Waals surface area contributed by atoms with Crippen LogP contribution in [0.5, 0.6) is 0 Å². The fourth-order valence-corrected chi connectivity index (χ4v) is 5.59. The topological polar surface area (TPSA) is 137 Å². The van der Waals surface area contributed by atoms with E-state index in [2.05, 4.69) is 5.32 Å². The fourth-order valence-electron chi connectivity index (χ4n) is 3.95. The summed E-state index contributed by atoms with van der Waals surface area (Å²) in [6.07, 6.45) is 0.182. The number of carbonyl (C=O) groups is 1. The molecule has 5 N–H and O–H groups in total. The maximum Gasteiger partial charge on any atom is 0.407 e. The fraction of sp³-hybridized carbons (Fsp3) is 0.480. The Morgan fingerprint density at radius 2 is 1.83 bits per heavy atom. The molecule has 1 heterocycles. The van der Waals surface area contributed by atoms with Gasteiger partial charge in [-0.05, 0) is 42.2 Å². The van der Waals surface area contributed by atoms with E-state index in [0.717, 1.165) is 5.56 Å². The molecule has 1 amide bonds. The molecule has 0 radical (unpaired) electrons. The second kappa shape index (κ2) is 12.3. The van der Waals surface area contributed by atoms with Crippen molar-refractivity contribution in [2.45, 2.75) is 49.8 Å². The lowest BCUT2D eigenvalue weighted by molar-refractivity contribution is 0.0797. The van der Waals surface area contributed by atoms with Gasteiger partial charge in [0.2, 0.25) is 10.0 Å². The van der Waals surface area contributed by atoms with Crippen LogP contribution in [-0.4, -0.2) is 63.3 Å². The zero-order valence-corrected chi connectivity index (χ0v) is 21.1. The number of hydrogen-bond acceptors (Lipinski definition) is 7. The number of nitrogens with zero attached hydrogens (tertiary/aromatic N) is 1. The van der Waals surface area contributed by atoms with Crippen LogP contribution in [0.25, 0.3) is 0 Å². The molecule has 0 aliphatic carbocycles. The summed E-state index contributed by atoms with van der Waals surface area (Å²) < 4.78 is 39.0. The number of carbonyl (C=O) groups excluding carboxylic acids is 1. The molecule has 1 aliphatic heterocycles. The first-order chi connectivity index (χ1) is 16.6. The van der Waals surface area contributed by atoms with E-state index in [9.17, 15) is 13.2 Å². The molecule has 192 valence electrons. The number of nitrogens with one attached hydrogen (secondary N) is 1. The Hall–Kier alpha value is -2.66. The molecule has 2 aromatic rings. The lowest BCUT2D eigenvalue weighted by Gasteiger charge is -2.31. The maximum absolute atomic E-state index is 13.5. The molecule has 3 rings (SSSR count). The van der Waals surface area contributed by atoms with Crippen molar-refractivity contribution < 1.29 is 22.7 Å². The molecule has 10 heteroatoms. The Kier molecular flexibility index (Phi) is 9.50. The van der Waals surface area contributed by atoms with Crippen LogP contribution in [0.3, 0.4) is 0 Å². The molecular weight excluding hydrogens is 468 g/mol. The van der Waals surface area contributed by atoms with Crippen LogP contribution in [0.1, 0.15) is 25.8 Å². The van der Waals surface area contributed by atoms with E-state index in [1.165, 1.54) is 16.4 Å².